The highest BCUT2D eigenvalue weighted by Crippen LogP contribution is 2.21. The van der Waals surface area contributed by atoms with Crippen LogP contribution >= 0.6 is 0 Å². The van der Waals surface area contributed by atoms with Gasteiger partial charge in [0, 0.05) is 38.6 Å². The lowest BCUT2D eigenvalue weighted by atomic mass is 9.99. The summed E-state index contributed by atoms with van der Waals surface area (Å²) in [5, 5.41) is 3.52. The molecular weight excluding hydrogens is 224 g/mol. The topological polar surface area (TPSA) is 24.5 Å². The minimum Gasteiger partial charge on any atom is -0.382 e. The van der Waals surface area contributed by atoms with Gasteiger partial charge < -0.3 is 15.0 Å². The molecule has 0 spiro atoms. The molecule has 1 atom stereocenters. The van der Waals surface area contributed by atoms with Gasteiger partial charge in [-0.3, -0.25) is 0 Å². The highest BCUT2D eigenvalue weighted by molar-refractivity contribution is 5.57. The summed E-state index contributed by atoms with van der Waals surface area (Å²) in [4.78, 5) is 2.11. The molecule has 0 aliphatic carbocycles. The number of nitrogens with one attached hydrogen (secondary N) is 1. The van der Waals surface area contributed by atoms with Crippen molar-refractivity contribution in [2.75, 3.05) is 31.4 Å². The molecule has 1 aromatic carbocycles. The average molecular weight is 250 g/mol. The van der Waals surface area contributed by atoms with Crippen molar-refractivity contribution in [2.24, 2.45) is 0 Å². The predicted octanol–water partition coefficient (Wildman–Crippen LogP) is 3.37. The fraction of sp³-hybridized carbons (Fsp3) is 0.600. The molecule has 3 nitrogen and oxygen atoms in total. The molecule has 3 heteroatoms. The Kier molecular flexibility index (Phi) is 5.03. The van der Waals surface area contributed by atoms with Crippen LogP contribution in [0.2, 0.25) is 0 Å². The first-order valence-electron chi connectivity index (χ1n) is 6.43. The first-order chi connectivity index (χ1) is 8.34. The fourth-order valence-corrected chi connectivity index (χ4v) is 2.03. The summed E-state index contributed by atoms with van der Waals surface area (Å²) in [5.74, 6) is 0. The van der Waals surface area contributed by atoms with Gasteiger partial charge in [0.25, 0.3) is 0 Å². The van der Waals surface area contributed by atoms with E-state index in [1.807, 2.05) is 0 Å². The molecule has 1 N–H and O–H groups in total. The summed E-state index contributed by atoms with van der Waals surface area (Å²) in [6.07, 6.45) is 0.968. The third kappa shape index (κ3) is 4.57. The van der Waals surface area contributed by atoms with Gasteiger partial charge in [-0.1, -0.05) is 6.07 Å². The molecule has 0 amide bonds. The van der Waals surface area contributed by atoms with Gasteiger partial charge in [-0.25, -0.2) is 0 Å². The van der Waals surface area contributed by atoms with E-state index in [-0.39, 0.29) is 5.60 Å². The largest absolute Gasteiger partial charge is 0.382 e. The number of rotatable bonds is 6. The van der Waals surface area contributed by atoms with Crippen LogP contribution in [-0.2, 0) is 4.74 Å². The van der Waals surface area contributed by atoms with E-state index in [0.717, 1.165) is 12.1 Å². The normalized spacial score (nSPS) is 13.2. The Morgan fingerprint density at radius 2 is 2.00 bits per heavy atom. The second kappa shape index (κ2) is 6.10. The Balaban J connectivity index is 2.64. The number of ether oxygens (including phenoxy) is 1. The van der Waals surface area contributed by atoms with E-state index >= 15 is 0 Å². The molecule has 0 radical (unpaired) electrons. The van der Waals surface area contributed by atoms with Gasteiger partial charge in [0.1, 0.15) is 0 Å². The molecule has 0 aliphatic heterocycles. The van der Waals surface area contributed by atoms with E-state index in [9.17, 15) is 0 Å². The average Bonchev–Trinajstić information content (AvgIpc) is 2.28. The minimum atomic E-state index is -0.0917. The van der Waals surface area contributed by atoms with Crippen molar-refractivity contribution in [3.63, 3.8) is 0 Å². The summed E-state index contributed by atoms with van der Waals surface area (Å²) < 4.78 is 5.46. The van der Waals surface area contributed by atoms with Crippen molar-refractivity contribution < 1.29 is 4.74 Å². The van der Waals surface area contributed by atoms with Gasteiger partial charge in [0.15, 0.2) is 0 Å². The highest BCUT2D eigenvalue weighted by Gasteiger charge is 2.19. The molecule has 0 fully saturated rings. The smallest absolute Gasteiger partial charge is 0.0642 e. The lowest BCUT2D eigenvalue weighted by Gasteiger charge is -2.27. The summed E-state index contributed by atoms with van der Waals surface area (Å²) in [6, 6.07) is 8.82. The van der Waals surface area contributed by atoms with Crippen molar-refractivity contribution in [1.29, 1.82) is 0 Å². The van der Waals surface area contributed by atoms with E-state index in [1.54, 1.807) is 7.11 Å². The van der Waals surface area contributed by atoms with Crippen LogP contribution in [0.4, 0.5) is 11.4 Å². The molecule has 1 unspecified atom stereocenters. The second-order valence-electron chi connectivity index (χ2n) is 5.66. The van der Waals surface area contributed by atoms with E-state index in [2.05, 4.69) is 69.3 Å². The Morgan fingerprint density at radius 1 is 1.33 bits per heavy atom. The van der Waals surface area contributed by atoms with Gasteiger partial charge in [-0.05, 0) is 45.4 Å². The highest BCUT2D eigenvalue weighted by atomic mass is 16.5. The fourth-order valence-electron chi connectivity index (χ4n) is 2.03. The van der Waals surface area contributed by atoms with Crippen LogP contribution in [-0.4, -0.2) is 32.8 Å². The zero-order chi connectivity index (χ0) is 13.8. The van der Waals surface area contributed by atoms with Gasteiger partial charge in [0.2, 0.25) is 0 Å². The molecule has 0 saturated carbocycles. The van der Waals surface area contributed by atoms with Crippen LogP contribution in [0.1, 0.15) is 27.2 Å². The van der Waals surface area contributed by atoms with Crippen LogP contribution in [0.15, 0.2) is 24.3 Å². The zero-order valence-corrected chi connectivity index (χ0v) is 12.4. The predicted molar refractivity (Wildman–Crippen MR) is 79.6 cm³/mol. The van der Waals surface area contributed by atoms with Crippen molar-refractivity contribution in [3.05, 3.63) is 24.3 Å². The van der Waals surface area contributed by atoms with Crippen molar-refractivity contribution in [3.8, 4) is 0 Å². The standard InChI is InChI=1S/C15H26N2O/c1-12(11-15(2,3)18-6)16-13-8-7-9-14(10-13)17(4)5/h7-10,12,16H,11H2,1-6H3. The van der Waals surface area contributed by atoms with Crippen molar-refractivity contribution in [1.82, 2.24) is 0 Å². The molecule has 0 saturated heterocycles. The molecule has 102 valence electrons. The number of methoxy groups -OCH3 is 1. The number of hydrogen-bond acceptors (Lipinski definition) is 3. The molecule has 1 aromatic rings. The van der Waals surface area contributed by atoms with Crippen LogP contribution in [0.3, 0.4) is 0 Å². The number of benzene rings is 1. The van der Waals surface area contributed by atoms with E-state index < -0.39 is 0 Å². The summed E-state index contributed by atoms with van der Waals surface area (Å²) in [6.45, 7) is 6.41. The monoisotopic (exact) mass is 250 g/mol. The Bertz CT molecular complexity index is 375. The van der Waals surface area contributed by atoms with Gasteiger partial charge in [0.05, 0.1) is 5.60 Å². The molecule has 0 bridgehead atoms. The molecule has 0 heterocycles. The lowest BCUT2D eigenvalue weighted by molar-refractivity contribution is 0.0128. The van der Waals surface area contributed by atoms with Gasteiger partial charge in [-0.15, -0.1) is 0 Å². The number of nitrogens with zero attached hydrogens (tertiary/aromatic N) is 1. The van der Waals surface area contributed by atoms with Crippen molar-refractivity contribution in [2.45, 2.75) is 38.8 Å². The van der Waals surface area contributed by atoms with Crippen LogP contribution in [0.5, 0.6) is 0 Å². The molecule has 0 aliphatic rings. The van der Waals surface area contributed by atoms with Crippen LogP contribution < -0.4 is 10.2 Å². The summed E-state index contributed by atoms with van der Waals surface area (Å²) in [7, 11) is 5.87. The van der Waals surface area contributed by atoms with Gasteiger partial charge >= 0.3 is 0 Å². The van der Waals surface area contributed by atoms with E-state index in [0.29, 0.717) is 6.04 Å². The number of anilines is 2. The maximum atomic E-state index is 5.46. The maximum absolute atomic E-state index is 5.46. The Hall–Kier alpha value is -1.22. The van der Waals surface area contributed by atoms with Crippen LogP contribution in [0, 0.1) is 0 Å². The lowest BCUT2D eigenvalue weighted by Crippen LogP contribution is -2.31. The summed E-state index contributed by atoms with van der Waals surface area (Å²) in [5.41, 5.74) is 2.27. The maximum Gasteiger partial charge on any atom is 0.0642 e. The molecular formula is C15H26N2O. The van der Waals surface area contributed by atoms with E-state index in [4.69, 9.17) is 4.74 Å². The first kappa shape index (κ1) is 14.8. The second-order valence-corrected chi connectivity index (χ2v) is 5.66. The Morgan fingerprint density at radius 3 is 2.56 bits per heavy atom. The van der Waals surface area contributed by atoms with E-state index in [1.165, 1.54) is 5.69 Å². The first-order valence-corrected chi connectivity index (χ1v) is 6.43. The minimum absolute atomic E-state index is 0.0917. The van der Waals surface area contributed by atoms with Crippen LogP contribution in [0.25, 0.3) is 0 Å². The van der Waals surface area contributed by atoms with Gasteiger partial charge in [-0.2, -0.15) is 0 Å². The molecule has 1 rings (SSSR count). The third-order valence-corrected chi connectivity index (χ3v) is 3.13. The van der Waals surface area contributed by atoms with Crippen molar-refractivity contribution >= 4 is 11.4 Å². The molecule has 0 aromatic heterocycles. The summed E-state index contributed by atoms with van der Waals surface area (Å²) >= 11 is 0. The zero-order valence-electron chi connectivity index (χ0n) is 12.4. The quantitative estimate of drug-likeness (QED) is 0.837. The Labute approximate surface area is 111 Å². The molecule has 18 heavy (non-hydrogen) atoms. The third-order valence-electron chi connectivity index (χ3n) is 3.13. The number of hydrogen-bond donors (Lipinski definition) is 1. The SMILES string of the molecule is COC(C)(C)CC(C)Nc1cccc(N(C)C)c1.